The van der Waals surface area contributed by atoms with Crippen molar-refractivity contribution in [1.82, 2.24) is 5.43 Å². The van der Waals surface area contributed by atoms with Crippen molar-refractivity contribution in [2.75, 3.05) is 0 Å². The Morgan fingerprint density at radius 2 is 1.89 bits per heavy atom. The van der Waals surface area contributed by atoms with Crippen LogP contribution in [-0.2, 0) is 0 Å². The molecule has 0 aliphatic carbocycles. The molecule has 0 aliphatic rings. The Morgan fingerprint density at radius 3 is 2.44 bits per heavy atom. The minimum absolute atomic E-state index is 0.0777. The second kappa shape index (κ2) is 5.50. The Labute approximate surface area is 116 Å². The van der Waals surface area contributed by atoms with Crippen molar-refractivity contribution in [3.8, 4) is 0 Å². The van der Waals surface area contributed by atoms with Crippen LogP contribution in [0.2, 0.25) is 8.67 Å². The van der Waals surface area contributed by atoms with E-state index in [2.05, 4.69) is 5.43 Å². The third kappa shape index (κ3) is 2.65. The van der Waals surface area contributed by atoms with Gasteiger partial charge >= 0.3 is 0 Å². The summed E-state index contributed by atoms with van der Waals surface area (Å²) in [7, 11) is 0. The molecule has 0 aliphatic heterocycles. The largest absolute Gasteiger partial charge is 0.271 e. The van der Waals surface area contributed by atoms with Gasteiger partial charge in [-0.25, -0.2) is 14.2 Å². The predicted octanol–water partition coefficient (Wildman–Crippen LogP) is 3.89. The lowest BCUT2D eigenvalue weighted by molar-refractivity contribution is 0.546. The Morgan fingerprint density at radius 1 is 1.17 bits per heavy atom. The lowest BCUT2D eigenvalue weighted by Crippen LogP contribution is -2.29. The van der Waals surface area contributed by atoms with Crippen molar-refractivity contribution in [1.29, 1.82) is 0 Å². The molecule has 0 saturated heterocycles. The molecule has 0 radical (unpaired) electrons. The van der Waals surface area contributed by atoms with Crippen molar-refractivity contribution in [3.05, 3.63) is 55.7 Å². The van der Waals surface area contributed by atoms with Crippen LogP contribution in [0.25, 0.3) is 0 Å². The molecule has 0 fully saturated rings. The first-order valence-corrected chi connectivity index (χ1v) is 6.46. The van der Waals surface area contributed by atoms with E-state index >= 15 is 0 Å². The first-order valence-electron chi connectivity index (χ1n) is 4.88. The number of nitrogens with two attached hydrogens (primary N) is 1. The zero-order valence-corrected chi connectivity index (χ0v) is 11.2. The average Bonchev–Trinajstić information content (AvgIpc) is 2.64. The number of halogens is 4. The molecular weight excluding hydrogens is 301 g/mol. The van der Waals surface area contributed by atoms with Gasteiger partial charge in [0.25, 0.3) is 0 Å². The minimum atomic E-state index is -0.753. The van der Waals surface area contributed by atoms with E-state index in [1.807, 2.05) is 0 Å². The molecule has 0 saturated carbocycles. The lowest BCUT2D eigenvalue weighted by Gasteiger charge is -2.16. The van der Waals surface area contributed by atoms with Crippen LogP contribution in [0, 0.1) is 11.6 Å². The van der Waals surface area contributed by atoms with Crippen LogP contribution in [-0.4, -0.2) is 0 Å². The summed E-state index contributed by atoms with van der Waals surface area (Å²) in [4.78, 5) is 0. The van der Waals surface area contributed by atoms with Gasteiger partial charge in [-0.05, 0) is 24.3 Å². The van der Waals surface area contributed by atoms with Crippen LogP contribution in [0.15, 0.2) is 24.3 Å². The quantitative estimate of drug-likeness (QED) is 0.667. The Balaban J connectivity index is 2.51. The lowest BCUT2D eigenvalue weighted by atomic mass is 10.0. The third-order valence-electron chi connectivity index (χ3n) is 2.43. The van der Waals surface area contributed by atoms with Crippen molar-refractivity contribution in [2.45, 2.75) is 6.04 Å². The smallest absolute Gasteiger partial charge is 0.128 e. The van der Waals surface area contributed by atoms with Gasteiger partial charge in [0.1, 0.15) is 11.6 Å². The molecule has 3 N–H and O–H groups in total. The van der Waals surface area contributed by atoms with Gasteiger partial charge in [-0.2, -0.15) is 0 Å². The zero-order chi connectivity index (χ0) is 13.3. The molecule has 2 nitrogen and oxygen atoms in total. The van der Waals surface area contributed by atoms with Gasteiger partial charge in [-0.1, -0.05) is 23.2 Å². The van der Waals surface area contributed by atoms with Crippen LogP contribution in [0.5, 0.6) is 0 Å². The fourth-order valence-corrected chi connectivity index (χ4v) is 3.16. The Bertz CT molecular complexity index is 574. The van der Waals surface area contributed by atoms with E-state index in [-0.39, 0.29) is 5.56 Å². The number of thiophene rings is 1. The highest BCUT2D eigenvalue weighted by molar-refractivity contribution is 7.20. The van der Waals surface area contributed by atoms with Gasteiger partial charge in [0.05, 0.1) is 14.7 Å². The van der Waals surface area contributed by atoms with Crippen LogP contribution >= 0.6 is 34.5 Å². The second-order valence-electron chi connectivity index (χ2n) is 3.55. The highest BCUT2D eigenvalue weighted by Gasteiger charge is 2.21. The van der Waals surface area contributed by atoms with E-state index in [1.165, 1.54) is 0 Å². The number of rotatable bonds is 3. The molecular formula is C11H8Cl2F2N2S. The number of hydrazine groups is 1. The summed E-state index contributed by atoms with van der Waals surface area (Å²) >= 11 is 12.9. The molecule has 1 atom stereocenters. The molecule has 0 spiro atoms. The van der Waals surface area contributed by atoms with Crippen LogP contribution in [0.1, 0.15) is 17.2 Å². The van der Waals surface area contributed by atoms with Gasteiger partial charge in [0, 0.05) is 11.1 Å². The maximum Gasteiger partial charge on any atom is 0.128 e. The summed E-state index contributed by atoms with van der Waals surface area (Å²) < 4.78 is 27.7. The van der Waals surface area contributed by atoms with Crippen molar-refractivity contribution in [2.24, 2.45) is 5.84 Å². The molecule has 2 aromatic rings. The van der Waals surface area contributed by atoms with Gasteiger partial charge in [-0.15, -0.1) is 11.3 Å². The molecule has 18 heavy (non-hydrogen) atoms. The summed E-state index contributed by atoms with van der Waals surface area (Å²) in [6.07, 6.45) is 0. The summed E-state index contributed by atoms with van der Waals surface area (Å²) in [6.45, 7) is 0. The van der Waals surface area contributed by atoms with Crippen LogP contribution in [0.4, 0.5) is 8.78 Å². The van der Waals surface area contributed by atoms with Crippen molar-refractivity contribution < 1.29 is 8.78 Å². The highest BCUT2D eigenvalue weighted by atomic mass is 35.5. The van der Waals surface area contributed by atoms with E-state index in [9.17, 15) is 8.78 Å². The molecule has 1 heterocycles. The minimum Gasteiger partial charge on any atom is -0.271 e. The summed E-state index contributed by atoms with van der Waals surface area (Å²) in [6, 6.07) is 3.97. The van der Waals surface area contributed by atoms with Crippen LogP contribution in [0.3, 0.4) is 0 Å². The van der Waals surface area contributed by atoms with E-state index in [0.29, 0.717) is 14.2 Å². The SMILES string of the molecule is NNC(c1cc(F)ccc1F)c1cc(Cl)sc1Cl. The standard InChI is InChI=1S/C11H8Cl2F2N2S/c12-9-4-7(11(13)18-9)10(17-16)6-3-5(14)1-2-8(6)15/h1-4,10,17H,16H2. The molecule has 2 rings (SSSR count). The molecule has 1 aromatic heterocycles. The van der Waals surface area contributed by atoms with Gasteiger partial charge in [0.2, 0.25) is 0 Å². The number of benzene rings is 1. The predicted molar refractivity (Wildman–Crippen MR) is 69.9 cm³/mol. The van der Waals surface area contributed by atoms with E-state index in [0.717, 1.165) is 29.5 Å². The zero-order valence-electron chi connectivity index (χ0n) is 8.88. The maximum absolute atomic E-state index is 13.7. The molecule has 96 valence electrons. The first kappa shape index (κ1) is 13.7. The highest BCUT2D eigenvalue weighted by Crippen LogP contribution is 2.37. The Hall–Kier alpha value is -0.720. The Kier molecular flexibility index (Phi) is 4.19. The molecule has 1 aromatic carbocycles. The summed E-state index contributed by atoms with van der Waals surface area (Å²) in [5.74, 6) is 4.27. The van der Waals surface area contributed by atoms with E-state index in [4.69, 9.17) is 29.0 Å². The van der Waals surface area contributed by atoms with Gasteiger partial charge in [-0.3, -0.25) is 5.84 Å². The summed E-state index contributed by atoms with van der Waals surface area (Å²) in [5.41, 5.74) is 3.00. The first-order chi connectivity index (χ1) is 8.52. The summed E-state index contributed by atoms with van der Waals surface area (Å²) in [5, 5.41) is 0. The third-order valence-corrected chi connectivity index (χ3v) is 3.95. The molecule has 7 heteroatoms. The molecule has 0 bridgehead atoms. The fraction of sp³-hybridized carbons (Fsp3) is 0.0909. The maximum atomic E-state index is 13.7. The topological polar surface area (TPSA) is 38.0 Å². The van der Waals surface area contributed by atoms with Crippen molar-refractivity contribution in [3.63, 3.8) is 0 Å². The second-order valence-corrected chi connectivity index (χ2v) is 5.83. The molecule has 1 unspecified atom stereocenters. The monoisotopic (exact) mass is 308 g/mol. The van der Waals surface area contributed by atoms with Crippen LogP contribution < -0.4 is 11.3 Å². The van der Waals surface area contributed by atoms with Gasteiger partial charge < -0.3 is 0 Å². The normalized spacial score (nSPS) is 12.7. The van der Waals surface area contributed by atoms with E-state index in [1.54, 1.807) is 6.07 Å². The number of nitrogens with one attached hydrogen (secondary N) is 1. The fourth-order valence-electron chi connectivity index (χ4n) is 1.63. The average molecular weight is 309 g/mol. The molecule has 0 amide bonds. The van der Waals surface area contributed by atoms with Gasteiger partial charge in [0.15, 0.2) is 0 Å². The number of hydrogen-bond acceptors (Lipinski definition) is 3. The van der Waals surface area contributed by atoms with E-state index < -0.39 is 17.7 Å². The van der Waals surface area contributed by atoms with Crippen molar-refractivity contribution >= 4 is 34.5 Å². The number of hydrogen-bond donors (Lipinski definition) is 2.